The maximum Gasteiger partial charge on any atom is 0.320 e. The Hall–Kier alpha value is -0.700. The Kier molecular flexibility index (Phi) is 10.7. The van der Waals surface area contributed by atoms with Crippen molar-refractivity contribution in [1.82, 2.24) is 5.32 Å². The molecule has 0 aliphatic rings. The van der Waals surface area contributed by atoms with Crippen LogP contribution in [0.25, 0.3) is 0 Å². The Morgan fingerprint density at radius 1 is 1.21 bits per heavy atom. The number of quaternary nitrogens is 1. The number of hydrogen-bond acceptors (Lipinski definition) is 5. The summed E-state index contributed by atoms with van der Waals surface area (Å²) in [5, 5.41) is 11.9. The molecule has 2 atom stereocenters. The minimum absolute atomic E-state index is 0.0388. The first kappa shape index (κ1) is 23.3. The Morgan fingerprint density at radius 3 is 2.21 bits per heavy atom. The Morgan fingerprint density at radius 2 is 1.79 bits per heavy atom. The molecule has 0 aromatic carbocycles. The predicted molar refractivity (Wildman–Crippen MR) is 95.4 cm³/mol. The molecular weight excluding hydrogens is 332 g/mol. The summed E-state index contributed by atoms with van der Waals surface area (Å²) in [6, 6.07) is -0.112. The highest BCUT2D eigenvalue weighted by Gasteiger charge is 2.29. The minimum atomic E-state index is -3.41. The molecule has 0 heterocycles. The summed E-state index contributed by atoms with van der Waals surface area (Å²) in [6.45, 7) is 9.07. The number of carboxylic acids is 1. The molecule has 0 aliphatic heterocycles. The third kappa shape index (κ3) is 7.92. The second-order valence-corrected chi connectivity index (χ2v) is 8.39. The molecule has 0 bridgehead atoms. The zero-order chi connectivity index (χ0) is 18.8. The monoisotopic (exact) mass is 367 g/mol. The smallest absolute Gasteiger partial charge is 0.320 e. The van der Waals surface area contributed by atoms with Crippen LogP contribution in [0.4, 0.5) is 0 Å². The van der Waals surface area contributed by atoms with Crippen LogP contribution in [0, 0.1) is 0 Å². The van der Waals surface area contributed by atoms with Gasteiger partial charge in [-0.05, 0) is 47.1 Å². The topological polar surface area (TPSA) is 92.7 Å². The first-order valence-corrected chi connectivity index (χ1v) is 10.3. The number of carboxylic acid groups (broad SMARTS) is 1. The van der Waals surface area contributed by atoms with Crippen LogP contribution >= 0.6 is 0 Å². The fraction of sp³-hybridized carbons (Fsp3) is 0.938. The van der Waals surface area contributed by atoms with E-state index in [1.807, 2.05) is 0 Å². The van der Waals surface area contributed by atoms with Gasteiger partial charge in [0.2, 0.25) is 0 Å². The average Bonchev–Trinajstić information content (AvgIpc) is 2.52. The maximum absolute atomic E-state index is 11.5. The van der Waals surface area contributed by atoms with Crippen LogP contribution in [0.3, 0.4) is 0 Å². The second kappa shape index (κ2) is 11.0. The van der Waals surface area contributed by atoms with Gasteiger partial charge in [-0.3, -0.25) is 8.98 Å². The highest BCUT2D eigenvalue weighted by Crippen LogP contribution is 2.18. The van der Waals surface area contributed by atoms with Crippen molar-refractivity contribution >= 4 is 16.1 Å². The van der Waals surface area contributed by atoms with Crippen molar-refractivity contribution in [3.63, 3.8) is 0 Å². The number of rotatable bonds is 14. The standard InChI is InChI=1S/C16H34N2O5S/c1-6-18(14(2)3,12-9-13-24(21,22)23-5)11-8-7-10-15(17-4)16(19)20/h14-15,17H,6-13H2,1-5H3/p+1/t15-,18?/m0/s1. The molecule has 24 heavy (non-hydrogen) atoms. The summed E-state index contributed by atoms with van der Waals surface area (Å²) >= 11 is 0. The first-order valence-electron chi connectivity index (χ1n) is 8.68. The Labute approximate surface area is 147 Å². The predicted octanol–water partition coefficient (Wildman–Crippen LogP) is 1.44. The Bertz CT molecular complexity index is 467. The van der Waals surface area contributed by atoms with Crippen LogP contribution < -0.4 is 5.32 Å². The van der Waals surface area contributed by atoms with Crippen molar-refractivity contribution in [2.75, 3.05) is 39.5 Å². The van der Waals surface area contributed by atoms with E-state index in [9.17, 15) is 13.2 Å². The molecule has 0 aromatic rings. The van der Waals surface area contributed by atoms with Crippen molar-refractivity contribution < 1.29 is 27.0 Å². The van der Waals surface area contributed by atoms with Crippen LogP contribution in [0.1, 0.15) is 46.5 Å². The van der Waals surface area contributed by atoms with E-state index >= 15 is 0 Å². The van der Waals surface area contributed by atoms with Crippen LogP contribution in [-0.4, -0.2) is 75.6 Å². The molecule has 0 radical (unpaired) electrons. The van der Waals surface area contributed by atoms with E-state index in [1.54, 1.807) is 7.05 Å². The number of hydrogen-bond donors (Lipinski definition) is 2. The van der Waals surface area contributed by atoms with Gasteiger partial charge < -0.3 is 14.9 Å². The number of unbranched alkanes of at least 4 members (excludes halogenated alkanes) is 1. The van der Waals surface area contributed by atoms with Crippen molar-refractivity contribution in [2.45, 2.75) is 58.5 Å². The highest BCUT2D eigenvalue weighted by molar-refractivity contribution is 7.86. The normalized spacial score (nSPS) is 16.1. The van der Waals surface area contributed by atoms with Crippen molar-refractivity contribution in [3.8, 4) is 0 Å². The van der Waals surface area contributed by atoms with Gasteiger partial charge in [-0.2, -0.15) is 8.42 Å². The molecule has 0 saturated carbocycles. The summed E-state index contributed by atoms with van der Waals surface area (Å²) in [4.78, 5) is 11.0. The lowest BCUT2D eigenvalue weighted by Crippen LogP contribution is -2.54. The van der Waals surface area contributed by atoms with E-state index in [-0.39, 0.29) is 5.75 Å². The maximum atomic E-state index is 11.5. The average molecular weight is 368 g/mol. The molecule has 1 unspecified atom stereocenters. The fourth-order valence-electron chi connectivity index (χ4n) is 3.12. The van der Waals surface area contributed by atoms with Crippen molar-refractivity contribution in [3.05, 3.63) is 0 Å². The highest BCUT2D eigenvalue weighted by atomic mass is 32.2. The number of likely N-dealkylation sites (N-methyl/N-ethyl adjacent to an activating group) is 1. The summed E-state index contributed by atoms with van der Waals surface area (Å²) in [5.41, 5.74) is 0. The van der Waals surface area contributed by atoms with Gasteiger partial charge in [0, 0.05) is 6.42 Å². The van der Waals surface area contributed by atoms with Gasteiger partial charge in [-0.1, -0.05) is 0 Å². The molecule has 0 fully saturated rings. The van der Waals surface area contributed by atoms with E-state index in [4.69, 9.17) is 5.11 Å². The van der Waals surface area contributed by atoms with E-state index < -0.39 is 22.1 Å². The van der Waals surface area contributed by atoms with Crippen molar-refractivity contribution in [2.24, 2.45) is 0 Å². The molecule has 0 rings (SSSR count). The summed E-state index contributed by atoms with van der Waals surface area (Å²) < 4.78 is 28.3. The first-order chi connectivity index (χ1) is 11.1. The molecule has 8 heteroatoms. The third-order valence-electron chi connectivity index (χ3n) is 4.97. The quantitative estimate of drug-likeness (QED) is 0.274. The molecule has 7 nitrogen and oxygen atoms in total. The van der Waals surface area contributed by atoms with Gasteiger partial charge in [0.1, 0.15) is 6.04 Å². The van der Waals surface area contributed by atoms with Crippen LogP contribution in [0.5, 0.6) is 0 Å². The van der Waals surface area contributed by atoms with E-state index in [1.165, 1.54) is 7.11 Å². The SMILES string of the molecule is CC[N+](CCCC[C@H](NC)C(=O)O)(CCCS(=O)(=O)OC)C(C)C. The van der Waals surface area contributed by atoms with E-state index in [0.29, 0.717) is 18.9 Å². The zero-order valence-corrected chi connectivity index (χ0v) is 16.6. The van der Waals surface area contributed by atoms with E-state index in [0.717, 1.165) is 37.0 Å². The number of carbonyl (C=O) groups is 1. The summed E-state index contributed by atoms with van der Waals surface area (Å²) in [5.74, 6) is -0.778. The van der Waals surface area contributed by atoms with Crippen molar-refractivity contribution in [1.29, 1.82) is 0 Å². The molecule has 0 amide bonds. The van der Waals surface area contributed by atoms with Gasteiger partial charge in [0.15, 0.2) is 0 Å². The van der Waals surface area contributed by atoms with Gasteiger partial charge in [-0.15, -0.1) is 0 Å². The second-order valence-electron chi connectivity index (χ2n) is 6.53. The molecule has 0 spiro atoms. The van der Waals surface area contributed by atoms with Gasteiger partial charge in [-0.25, -0.2) is 0 Å². The summed E-state index contributed by atoms with van der Waals surface area (Å²) in [6.07, 6.45) is 2.93. The number of aliphatic carboxylic acids is 1. The lowest BCUT2D eigenvalue weighted by molar-refractivity contribution is -0.946. The van der Waals surface area contributed by atoms with Gasteiger partial charge in [0.25, 0.3) is 10.1 Å². The zero-order valence-electron chi connectivity index (χ0n) is 15.7. The van der Waals surface area contributed by atoms with Gasteiger partial charge >= 0.3 is 5.97 Å². The van der Waals surface area contributed by atoms with Crippen LogP contribution in [0.15, 0.2) is 0 Å². The lowest BCUT2D eigenvalue weighted by atomic mass is 10.1. The number of nitrogens with one attached hydrogen (secondary N) is 1. The molecule has 2 N–H and O–H groups in total. The van der Waals surface area contributed by atoms with Crippen LogP contribution in [0.2, 0.25) is 0 Å². The third-order valence-corrected chi connectivity index (χ3v) is 6.27. The van der Waals surface area contributed by atoms with Crippen LogP contribution in [-0.2, 0) is 19.1 Å². The van der Waals surface area contributed by atoms with Gasteiger partial charge in [0.05, 0.1) is 38.5 Å². The lowest BCUT2D eigenvalue weighted by Gasteiger charge is -2.42. The minimum Gasteiger partial charge on any atom is -0.480 e. The fourth-order valence-corrected chi connectivity index (χ4v) is 3.76. The largest absolute Gasteiger partial charge is 0.480 e. The summed E-state index contributed by atoms with van der Waals surface area (Å²) in [7, 11) is -0.552. The molecule has 0 aromatic heterocycles. The molecule has 0 saturated heterocycles. The van der Waals surface area contributed by atoms with E-state index in [2.05, 4.69) is 30.3 Å². The molecule has 0 aliphatic carbocycles. The number of nitrogens with zero attached hydrogens (tertiary/aromatic N) is 1. The molecular formula is C16H35N2O5S+. The molecule has 144 valence electrons. The Balaban J connectivity index is 4.57.